The van der Waals surface area contributed by atoms with Gasteiger partial charge in [0.1, 0.15) is 0 Å². The number of halogens is 1. The average molecular weight is 300 g/mol. The third-order valence-corrected chi connectivity index (χ3v) is 3.65. The van der Waals surface area contributed by atoms with E-state index < -0.39 is 10.1 Å². The predicted molar refractivity (Wildman–Crippen MR) is 55.5 cm³/mol. The molecule has 0 aromatic rings. The predicted octanol–water partition coefficient (Wildman–Crippen LogP) is 2.12. The van der Waals surface area contributed by atoms with E-state index in [1.165, 1.54) is 6.08 Å². The summed E-state index contributed by atoms with van der Waals surface area (Å²) in [5, 5.41) is 0. The molecule has 5 heteroatoms. The fourth-order valence-electron chi connectivity index (χ4n) is 1.14. The molecule has 0 aliphatic heterocycles. The highest BCUT2D eigenvalue weighted by Gasteiger charge is 2.23. The lowest BCUT2D eigenvalue weighted by atomic mass is 10.0. The summed E-state index contributed by atoms with van der Waals surface area (Å²) in [6, 6.07) is 0. The Balaban J connectivity index is 3.07. The molecule has 0 bridgehead atoms. The van der Waals surface area contributed by atoms with Crippen LogP contribution in [0.4, 0.5) is 0 Å². The van der Waals surface area contributed by atoms with Gasteiger partial charge in [0, 0.05) is 0 Å². The quantitative estimate of drug-likeness (QED) is 0.596. The van der Waals surface area contributed by atoms with Crippen molar-refractivity contribution in [2.45, 2.75) is 13.3 Å². The van der Waals surface area contributed by atoms with Crippen LogP contribution in [0.1, 0.15) is 13.3 Å². The Labute approximate surface area is 85.4 Å². The zero-order valence-corrected chi connectivity index (χ0v) is 9.46. The Kier molecular flexibility index (Phi) is 2.95. The summed E-state index contributed by atoms with van der Waals surface area (Å²) < 4.78 is 31.4. The fourth-order valence-corrected chi connectivity index (χ4v) is 2.81. The second kappa shape index (κ2) is 3.47. The van der Waals surface area contributed by atoms with Gasteiger partial charge < -0.3 is 0 Å². The fraction of sp³-hybridized carbons (Fsp3) is 0.429. The van der Waals surface area contributed by atoms with Gasteiger partial charge in [0.2, 0.25) is 0 Å². The largest absolute Gasteiger partial charge is 0.290 e. The molecule has 0 aromatic carbocycles. The van der Waals surface area contributed by atoms with Crippen molar-refractivity contribution < 1.29 is 13.0 Å². The van der Waals surface area contributed by atoms with Gasteiger partial charge in [-0.2, -0.15) is 8.42 Å². The lowest BCUT2D eigenvalue weighted by Gasteiger charge is -2.16. The monoisotopic (exact) mass is 300 g/mol. The van der Waals surface area contributed by atoms with Crippen LogP contribution in [0.15, 0.2) is 20.6 Å². The summed E-state index contributed by atoms with van der Waals surface area (Å²) in [4.78, 5) is 0.114. The van der Waals surface area contributed by atoms with Crippen molar-refractivity contribution in [3.8, 4) is 0 Å². The normalized spacial score (nSPS) is 24.8. The molecule has 1 rings (SSSR count). The van der Waals surface area contributed by atoms with E-state index >= 15 is 0 Å². The van der Waals surface area contributed by atoms with Gasteiger partial charge in [-0.1, -0.05) is 13.0 Å². The molecular weight excluding hydrogens is 291 g/mol. The second-order valence-corrected chi connectivity index (χ2v) is 5.57. The van der Waals surface area contributed by atoms with Crippen LogP contribution in [0, 0.1) is 5.92 Å². The summed E-state index contributed by atoms with van der Waals surface area (Å²) >= 11 is 2.15. The van der Waals surface area contributed by atoms with Crippen LogP contribution >= 0.6 is 22.6 Å². The molecule has 0 saturated heterocycles. The van der Waals surface area contributed by atoms with Crippen LogP contribution in [0.25, 0.3) is 0 Å². The van der Waals surface area contributed by atoms with Crippen molar-refractivity contribution in [2.75, 3.05) is 0 Å². The minimum absolute atomic E-state index is 0.114. The molecule has 0 aromatic heterocycles. The molecule has 0 spiro atoms. The lowest BCUT2D eigenvalue weighted by Crippen LogP contribution is -2.12. The molecule has 0 fully saturated rings. The van der Waals surface area contributed by atoms with E-state index in [1.54, 1.807) is 13.0 Å². The maximum atomic E-state index is 10.8. The van der Waals surface area contributed by atoms with Crippen molar-refractivity contribution in [3.05, 3.63) is 20.6 Å². The smallest absolute Gasteiger partial charge is 0.282 e. The first-order chi connectivity index (χ1) is 5.41. The van der Waals surface area contributed by atoms with Crippen molar-refractivity contribution >= 4 is 32.7 Å². The van der Waals surface area contributed by atoms with Crippen molar-refractivity contribution in [1.82, 2.24) is 0 Å². The first-order valence-electron chi connectivity index (χ1n) is 3.45. The third-order valence-electron chi connectivity index (χ3n) is 1.71. The van der Waals surface area contributed by atoms with Gasteiger partial charge in [-0.05, 0) is 44.6 Å². The van der Waals surface area contributed by atoms with Crippen molar-refractivity contribution in [1.29, 1.82) is 0 Å². The Bertz CT molecular complexity index is 340. The van der Waals surface area contributed by atoms with Gasteiger partial charge in [0.25, 0.3) is 10.1 Å². The minimum Gasteiger partial charge on any atom is -0.282 e. The Morgan fingerprint density at radius 3 is 2.58 bits per heavy atom. The molecule has 1 N–H and O–H groups in total. The van der Waals surface area contributed by atoms with Crippen molar-refractivity contribution in [2.24, 2.45) is 5.92 Å². The van der Waals surface area contributed by atoms with E-state index in [2.05, 4.69) is 22.6 Å². The van der Waals surface area contributed by atoms with Crippen molar-refractivity contribution in [3.63, 3.8) is 0 Å². The van der Waals surface area contributed by atoms with E-state index in [0.29, 0.717) is 6.42 Å². The molecule has 0 heterocycles. The van der Waals surface area contributed by atoms with Gasteiger partial charge in [-0.25, -0.2) is 0 Å². The highest BCUT2D eigenvalue weighted by atomic mass is 127. The summed E-state index contributed by atoms with van der Waals surface area (Å²) in [5.74, 6) is -0.114. The molecule has 0 amide bonds. The molecule has 12 heavy (non-hydrogen) atoms. The van der Waals surface area contributed by atoms with E-state index in [4.69, 9.17) is 4.55 Å². The van der Waals surface area contributed by atoms with Gasteiger partial charge in [-0.15, -0.1) is 0 Å². The topological polar surface area (TPSA) is 54.4 Å². The molecule has 68 valence electrons. The second-order valence-electron chi connectivity index (χ2n) is 2.76. The maximum Gasteiger partial charge on any atom is 0.290 e. The molecule has 0 radical (unpaired) electrons. The van der Waals surface area contributed by atoms with Gasteiger partial charge in [0.05, 0.1) is 4.91 Å². The third kappa shape index (κ3) is 2.30. The van der Waals surface area contributed by atoms with Crippen LogP contribution in [0.2, 0.25) is 0 Å². The summed E-state index contributed by atoms with van der Waals surface area (Å²) in [5.41, 5.74) is 0. The van der Waals surface area contributed by atoms with E-state index in [1.807, 2.05) is 0 Å². The number of hydrogen-bond acceptors (Lipinski definition) is 2. The zero-order chi connectivity index (χ0) is 9.35. The molecular formula is C7H9IO3S. The van der Waals surface area contributed by atoms with E-state index in [0.717, 1.165) is 3.58 Å². The maximum absolute atomic E-state index is 10.8. The summed E-state index contributed by atoms with van der Waals surface area (Å²) in [6.07, 6.45) is 3.86. The number of allylic oxidation sites excluding steroid dienone is 4. The molecule has 1 aliphatic carbocycles. The SMILES string of the molecule is CC1CC(I)=CC=C1S(=O)(=O)O. The Hall–Kier alpha value is 0.120. The average Bonchev–Trinajstić information content (AvgIpc) is 1.83. The summed E-state index contributed by atoms with van der Waals surface area (Å²) in [7, 11) is -3.99. The molecule has 1 unspecified atom stereocenters. The van der Waals surface area contributed by atoms with Crippen LogP contribution in [-0.4, -0.2) is 13.0 Å². The molecule has 1 atom stereocenters. The molecule has 3 nitrogen and oxygen atoms in total. The Morgan fingerprint density at radius 2 is 2.17 bits per heavy atom. The first-order valence-corrected chi connectivity index (χ1v) is 5.97. The van der Waals surface area contributed by atoms with Gasteiger partial charge >= 0.3 is 0 Å². The molecule has 0 saturated carbocycles. The van der Waals surface area contributed by atoms with Gasteiger partial charge in [-0.3, -0.25) is 4.55 Å². The van der Waals surface area contributed by atoms with Gasteiger partial charge in [0.15, 0.2) is 0 Å². The van der Waals surface area contributed by atoms with Crippen LogP contribution in [0.5, 0.6) is 0 Å². The standard InChI is InChI=1S/C7H9IO3S/c1-5-4-6(8)2-3-7(5)12(9,10)11/h2-3,5H,4H2,1H3,(H,9,10,11). The van der Waals surface area contributed by atoms with E-state index in [9.17, 15) is 8.42 Å². The summed E-state index contributed by atoms with van der Waals surface area (Å²) in [6.45, 7) is 1.78. The highest BCUT2D eigenvalue weighted by Crippen LogP contribution is 2.30. The van der Waals surface area contributed by atoms with Crippen LogP contribution < -0.4 is 0 Å². The zero-order valence-electron chi connectivity index (χ0n) is 6.49. The lowest BCUT2D eigenvalue weighted by molar-refractivity contribution is 0.482. The Morgan fingerprint density at radius 1 is 1.58 bits per heavy atom. The number of rotatable bonds is 1. The highest BCUT2D eigenvalue weighted by molar-refractivity contribution is 14.1. The molecule has 1 aliphatic rings. The number of hydrogen-bond donors (Lipinski definition) is 1. The van der Waals surface area contributed by atoms with Crippen LogP contribution in [0.3, 0.4) is 0 Å². The first kappa shape index (κ1) is 10.2. The van der Waals surface area contributed by atoms with Crippen LogP contribution in [-0.2, 0) is 10.1 Å². The van der Waals surface area contributed by atoms with E-state index in [-0.39, 0.29) is 10.8 Å². The minimum atomic E-state index is -3.99.